The first-order valence-corrected chi connectivity index (χ1v) is 8.54. The average Bonchev–Trinajstić information content (AvgIpc) is 3.02. The monoisotopic (exact) mass is 318 g/mol. The first kappa shape index (κ1) is 17.8. The van der Waals surface area contributed by atoms with Gasteiger partial charge in [-0.1, -0.05) is 51.1 Å². The van der Waals surface area contributed by atoms with E-state index in [4.69, 9.17) is 4.74 Å². The Kier molecular flexibility index (Phi) is 6.05. The van der Waals surface area contributed by atoms with Crippen LogP contribution in [0.1, 0.15) is 39.2 Å². The first-order valence-electron chi connectivity index (χ1n) is 8.54. The molecule has 0 saturated carbocycles. The van der Waals surface area contributed by atoms with Crippen LogP contribution in [0.15, 0.2) is 30.3 Å². The molecular weight excluding hydrogens is 288 g/mol. The van der Waals surface area contributed by atoms with Gasteiger partial charge in [0.15, 0.2) is 0 Å². The van der Waals surface area contributed by atoms with Gasteiger partial charge in [-0.3, -0.25) is 0 Å². The highest BCUT2D eigenvalue weighted by Gasteiger charge is 2.34. The van der Waals surface area contributed by atoms with Crippen molar-refractivity contribution in [2.24, 2.45) is 5.41 Å². The number of carbonyl (C=O) groups excluding carboxylic acids is 1. The number of ether oxygens (including phenoxy) is 1. The van der Waals surface area contributed by atoms with Gasteiger partial charge in [0.1, 0.15) is 6.61 Å². The highest BCUT2D eigenvalue weighted by atomic mass is 16.6. The molecule has 1 aliphatic heterocycles. The van der Waals surface area contributed by atoms with E-state index in [1.165, 1.54) is 12.8 Å². The largest absolute Gasteiger partial charge is 0.445 e. The molecule has 0 N–H and O–H groups in total. The Morgan fingerprint density at radius 1 is 1.22 bits per heavy atom. The third kappa shape index (κ3) is 5.24. The summed E-state index contributed by atoms with van der Waals surface area (Å²) >= 11 is 0. The molecule has 1 aromatic carbocycles. The van der Waals surface area contributed by atoms with Gasteiger partial charge in [0.25, 0.3) is 0 Å². The molecule has 1 fully saturated rings. The number of hydrogen-bond acceptors (Lipinski definition) is 3. The highest BCUT2D eigenvalue weighted by molar-refractivity contribution is 5.67. The number of likely N-dealkylation sites (N-methyl/N-ethyl adjacent to an activating group) is 1. The van der Waals surface area contributed by atoms with Gasteiger partial charge in [-0.15, -0.1) is 0 Å². The van der Waals surface area contributed by atoms with E-state index < -0.39 is 0 Å². The van der Waals surface area contributed by atoms with Gasteiger partial charge in [-0.25, -0.2) is 4.79 Å². The minimum atomic E-state index is -0.243. The Bertz CT molecular complexity index is 490. The molecular formula is C19H30N2O2. The fourth-order valence-electron chi connectivity index (χ4n) is 3.14. The second kappa shape index (κ2) is 7.82. The fourth-order valence-corrected chi connectivity index (χ4v) is 3.14. The minimum Gasteiger partial charge on any atom is -0.445 e. The van der Waals surface area contributed by atoms with Crippen LogP contribution in [0, 0.1) is 5.41 Å². The zero-order valence-corrected chi connectivity index (χ0v) is 14.9. The lowest BCUT2D eigenvalue weighted by Gasteiger charge is -2.39. The molecule has 1 aromatic rings. The van der Waals surface area contributed by atoms with Crippen molar-refractivity contribution >= 4 is 6.09 Å². The van der Waals surface area contributed by atoms with E-state index in [0.29, 0.717) is 6.61 Å². The number of likely N-dealkylation sites (tertiary alicyclic amines) is 1. The van der Waals surface area contributed by atoms with Crippen LogP contribution in [0.4, 0.5) is 4.79 Å². The van der Waals surface area contributed by atoms with Crippen LogP contribution in [-0.2, 0) is 11.3 Å². The van der Waals surface area contributed by atoms with Crippen molar-refractivity contribution < 1.29 is 9.53 Å². The maximum atomic E-state index is 12.5. The molecule has 1 atom stereocenters. The summed E-state index contributed by atoms with van der Waals surface area (Å²) in [5.41, 5.74) is 1.03. The van der Waals surface area contributed by atoms with Gasteiger partial charge in [0.05, 0.1) is 6.04 Å². The number of carbonyl (C=O) groups is 1. The van der Waals surface area contributed by atoms with Crippen LogP contribution in [0.25, 0.3) is 0 Å². The molecule has 0 aliphatic carbocycles. The number of benzene rings is 1. The SMILES string of the molecule is CN(C(=O)OCc1ccccc1)[C@H](CN1CCCC1)C(C)(C)C. The van der Waals surface area contributed by atoms with Crippen LogP contribution in [-0.4, -0.2) is 48.6 Å². The summed E-state index contributed by atoms with van der Waals surface area (Å²) in [6.07, 6.45) is 2.28. The molecule has 0 radical (unpaired) electrons. The molecule has 2 rings (SSSR count). The van der Waals surface area contributed by atoms with E-state index in [0.717, 1.165) is 25.2 Å². The fraction of sp³-hybridized carbons (Fsp3) is 0.632. The molecule has 1 aliphatic rings. The number of hydrogen-bond donors (Lipinski definition) is 0. The topological polar surface area (TPSA) is 32.8 Å². The molecule has 0 unspecified atom stereocenters. The van der Waals surface area contributed by atoms with Crippen molar-refractivity contribution in [1.82, 2.24) is 9.80 Å². The normalized spacial score (nSPS) is 17.0. The van der Waals surface area contributed by atoms with Crippen molar-refractivity contribution in [3.63, 3.8) is 0 Å². The van der Waals surface area contributed by atoms with Crippen LogP contribution in [0.2, 0.25) is 0 Å². The zero-order chi connectivity index (χ0) is 16.9. The number of amides is 1. The van der Waals surface area contributed by atoms with Gasteiger partial charge in [0, 0.05) is 13.6 Å². The molecule has 0 spiro atoms. The van der Waals surface area contributed by atoms with Crippen molar-refractivity contribution in [3.8, 4) is 0 Å². The van der Waals surface area contributed by atoms with Crippen molar-refractivity contribution in [3.05, 3.63) is 35.9 Å². The molecule has 0 aromatic heterocycles. The molecule has 4 nitrogen and oxygen atoms in total. The van der Waals surface area contributed by atoms with Crippen molar-refractivity contribution in [1.29, 1.82) is 0 Å². The molecule has 1 heterocycles. The average molecular weight is 318 g/mol. The summed E-state index contributed by atoms with van der Waals surface area (Å²) in [6.45, 7) is 10.1. The lowest BCUT2D eigenvalue weighted by molar-refractivity contribution is 0.0524. The second-order valence-electron chi connectivity index (χ2n) is 7.54. The number of nitrogens with zero attached hydrogens (tertiary/aromatic N) is 2. The second-order valence-corrected chi connectivity index (χ2v) is 7.54. The van der Waals surface area contributed by atoms with Gasteiger partial charge < -0.3 is 14.5 Å². The summed E-state index contributed by atoms with van der Waals surface area (Å²) in [5, 5.41) is 0. The van der Waals surface area contributed by atoms with Crippen LogP contribution < -0.4 is 0 Å². The highest BCUT2D eigenvalue weighted by Crippen LogP contribution is 2.26. The van der Waals surface area contributed by atoms with Crippen LogP contribution in [0.5, 0.6) is 0 Å². The molecule has 128 valence electrons. The van der Waals surface area contributed by atoms with E-state index in [2.05, 4.69) is 25.7 Å². The Labute approximate surface area is 140 Å². The van der Waals surface area contributed by atoms with E-state index >= 15 is 0 Å². The first-order chi connectivity index (χ1) is 10.9. The van der Waals surface area contributed by atoms with E-state index in [-0.39, 0.29) is 17.6 Å². The summed E-state index contributed by atoms with van der Waals surface area (Å²) in [6, 6.07) is 9.96. The van der Waals surface area contributed by atoms with Crippen molar-refractivity contribution in [2.45, 2.75) is 46.3 Å². The quantitative estimate of drug-likeness (QED) is 0.828. The molecule has 0 bridgehead atoms. The van der Waals surface area contributed by atoms with E-state index in [1.807, 2.05) is 37.4 Å². The third-order valence-corrected chi connectivity index (χ3v) is 4.59. The number of rotatable bonds is 5. The minimum absolute atomic E-state index is 0.0170. The van der Waals surface area contributed by atoms with Gasteiger partial charge >= 0.3 is 6.09 Å². The summed E-state index contributed by atoms with van der Waals surface area (Å²) < 4.78 is 5.50. The Morgan fingerprint density at radius 3 is 2.39 bits per heavy atom. The van der Waals surface area contributed by atoms with Gasteiger partial charge in [0.2, 0.25) is 0 Å². The Hall–Kier alpha value is -1.55. The molecule has 1 amide bonds. The van der Waals surface area contributed by atoms with Crippen LogP contribution in [0.3, 0.4) is 0 Å². The van der Waals surface area contributed by atoms with E-state index in [1.54, 1.807) is 4.90 Å². The summed E-state index contributed by atoms with van der Waals surface area (Å²) in [5.74, 6) is 0. The lowest BCUT2D eigenvalue weighted by atomic mass is 9.85. The van der Waals surface area contributed by atoms with Gasteiger partial charge in [-0.05, 0) is 36.9 Å². The smallest absolute Gasteiger partial charge is 0.410 e. The van der Waals surface area contributed by atoms with E-state index in [9.17, 15) is 4.79 Å². The lowest BCUT2D eigenvalue weighted by Crippen LogP contribution is -2.51. The Morgan fingerprint density at radius 2 is 1.83 bits per heavy atom. The van der Waals surface area contributed by atoms with Crippen molar-refractivity contribution in [2.75, 3.05) is 26.7 Å². The van der Waals surface area contributed by atoms with Crippen LogP contribution >= 0.6 is 0 Å². The summed E-state index contributed by atoms with van der Waals surface area (Å²) in [7, 11) is 1.86. The Balaban J connectivity index is 1.95. The maximum absolute atomic E-state index is 12.5. The standard InChI is InChI=1S/C19H30N2O2/c1-19(2,3)17(14-21-12-8-9-13-21)20(4)18(22)23-15-16-10-6-5-7-11-16/h5-7,10-11,17H,8-9,12-15H2,1-4H3/t17-/m1/s1. The predicted molar refractivity (Wildman–Crippen MR) is 93.3 cm³/mol. The predicted octanol–water partition coefficient (Wildman–Crippen LogP) is 3.77. The summed E-state index contributed by atoms with van der Waals surface area (Å²) in [4.78, 5) is 16.7. The molecule has 1 saturated heterocycles. The molecule has 4 heteroatoms. The van der Waals surface area contributed by atoms with Gasteiger partial charge in [-0.2, -0.15) is 0 Å². The third-order valence-electron chi connectivity index (χ3n) is 4.59. The molecule has 23 heavy (non-hydrogen) atoms. The zero-order valence-electron chi connectivity index (χ0n) is 14.9. The maximum Gasteiger partial charge on any atom is 0.410 e.